The topological polar surface area (TPSA) is 21.3 Å². The second-order valence-electron chi connectivity index (χ2n) is 4.29. The van der Waals surface area contributed by atoms with Crippen LogP contribution in [0.15, 0.2) is 24.3 Å². The zero-order valence-corrected chi connectivity index (χ0v) is 10.3. The predicted octanol–water partition coefficient (Wildman–Crippen LogP) is 3.57. The molecule has 1 heterocycles. The molecular weight excluding hydrogens is 222 g/mol. The lowest BCUT2D eigenvalue weighted by molar-refractivity contribution is 0.182. The molecule has 0 aliphatic carbocycles. The van der Waals surface area contributed by atoms with Gasteiger partial charge >= 0.3 is 0 Å². The summed E-state index contributed by atoms with van der Waals surface area (Å²) in [6, 6.07) is 8.40. The standard InChI is InChI=1S/C13H18ClNO/c1-2-13(10-7-8-16-9-10)15-12-5-3-11(14)4-6-12/h3-6,10,13,15H,2,7-9H2,1H3. The van der Waals surface area contributed by atoms with Crippen molar-refractivity contribution in [1.82, 2.24) is 0 Å². The summed E-state index contributed by atoms with van der Waals surface area (Å²) in [7, 11) is 0. The third kappa shape index (κ3) is 2.89. The Kier molecular flexibility index (Phi) is 4.08. The first kappa shape index (κ1) is 11.7. The third-order valence-corrected chi connectivity index (χ3v) is 3.42. The number of halogens is 1. The van der Waals surface area contributed by atoms with Gasteiger partial charge in [-0.25, -0.2) is 0 Å². The zero-order chi connectivity index (χ0) is 11.4. The van der Waals surface area contributed by atoms with Gasteiger partial charge in [0.1, 0.15) is 0 Å². The van der Waals surface area contributed by atoms with Crippen molar-refractivity contribution < 1.29 is 4.74 Å². The maximum atomic E-state index is 5.86. The molecule has 0 saturated carbocycles. The van der Waals surface area contributed by atoms with Crippen molar-refractivity contribution in [2.75, 3.05) is 18.5 Å². The van der Waals surface area contributed by atoms with Crippen molar-refractivity contribution >= 4 is 17.3 Å². The van der Waals surface area contributed by atoms with Crippen molar-refractivity contribution in [3.8, 4) is 0 Å². The maximum Gasteiger partial charge on any atom is 0.0514 e. The van der Waals surface area contributed by atoms with E-state index in [4.69, 9.17) is 16.3 Å². The van der Waals surface area contributed by atoms with E-state index in [-0.39, 0.29) is 0 Å². The summed E-state index contributed by atoms with van der Waals surface area (Å²) >= 11 is 5.86. The molecule has 0 radical (unpaired) electrons. The van der Waals surface area contributed by atoms with E-state index < -0.39 is 0 Å². The molecule has 1 aromatic rings. The fourth-order valence-electron chi connectivity index (χ4n) is 2.18. The second kappa shape index (κ2) is 5.55. The lowest BCUT2D eigenvalue weighted by atomic mass is 9.96. The molecule has 2 unspecified atom stereocenters. The van der Waals surface area contributed by atoms with Gasteiger partial charge in [-0.2, -0.15) is 0 Å². The van der Waals surface area contributed by atoms with Gasteiger partial charge in [-0.15, -0.1) is 0 Å². The minimum Gasteiger partial charge on any atom is -0.382 e. The first-order valence-electron chi connectivity index (χ1n) is 5.89. The van der Waals surface area contributed by atoms with Crippen LogP contribution in [0.4, 0.5) is 5.69 Å². The quantitative estimate of drug-likeness (QED) is 0.868. The summed E-state index contributed by atoms with van der Waals surface area (Å²) in [5.41, 5.74) is 1.14. The number of hydrogen-bond donors (Lipinski definition) is 1. The van der Waals surface area contributed by atoms with E-state index in [0.29, 0.717) is 12.0 Å². The van der Waals surface area contributed by atoms with Crippen LogP contribution >= 0.6 is 11.6 Å². The van der Waals surface area contributed by atoms with E-state index in [1.807, 2.05) is 24.3 Å². The summed E-state index contributed by atoms with van der Waals surface area (Å²) in [4.78, 5) is 0. The summed E-state index contributed by atoms with van der Waals surface area (Å²) in [6.07, 6.45) is 2.29. The smallest absolute Gasteiger partial charge is 0.0514 e. The number of nitrogens with one attached hydrogen (secondary N) is 1. The Bertz CT molecular complexity index is 319. The zero-order valence-electron chi connectivity index (χ0n) is 9.58. The minimum absolute atomic E-state index is 0.503. The monoisotopic (exact) mass is 239 g/mol. The molecule has 2 rings (SSSR count). The average Bonchev–Trinajstić information content (AvgIpc) is 2.82. The predicted molar refractivity (Wildman–Crippen MR) is 68.1 cm³/mol. The molecular formula is C13H18ClNO. The van der Waals surface area contributed by atoms with Crippen LogP contribution in [0.2, 0.25) is 5.02 Å². The molecule has 16 heavy (non-hydrogen) atoms. The van der Waals surface area contributed by atoms with Crippen LogP contribution in [-0.4, -0.2) is 19.3 Å². The number of anilines is 1. The molecule has 0 aromatic heterocycles. The molecule has 1 aliphatic heterocycles. The fourth-order valence-corrected chi connectivity index (χ4v) is 2.31. The van der Waals surface area contributed by atoms with Crippen molar-refractivity contribution in [2.24, 2.45) is 5.92 Å². The number of rotatable bonds is 4. The highest BCUT2D eigenvalue weighted by atomic mass is 35.5. The van der Waals surface area contributed by atoms with Crippen LogP contribution in [0.1, 0.15) is 19.8 Å². The molecule has 3 heteroatoms. The van der Waals surface area contributed by atoms with E-state index in [2.05, 4.69) is 12.2 Å². The third-order valence-electron chi connectivity index (χ3n) is 3.17. The van der Waals surface area contributed by atoms with Gasteiger partial charge in [-0.1, -0.05) is 18.5 Å². The van der Waals surface area contributed by atoms with Crippen LogP contribution in [0.25, 0.3) is 0 Å². The van der Waals surface area contributed by atoms with E-state index >= 15 is 0 Å². The van der Waals surface area contributed by atoms with Gasteiger partial charge in [0.15, 0.2) is 0 Å². The van der Waals surface area contributed by atoms with Crippen molar-refractivity contribution in [2.45, 2.75) is 25.8 Å². The van der Waals surface area contributed by atoms with Crippen molar-refractivity contribution in [3.63, 3.8) is 0 Å². The first-order valence-corrected chi connectivity index (χ1v) is 6.27. The van der Waals surface area contributed by atoms with Crippen LogP contribution in [0.5, 0.6) is 0 Å². The maximum absolute atomic E-state index is 5.86. The van der Waals surface area contributed by atoms with Gasteiger partial charge in [0.2, 0.25) is 0 Å². The molecule has 1 aromatic carbocycles. The van der Waals surface area contributed by atoms with Gasteiger partial charge in [0.05, 0.1) is 6.61 Å². The fraction of sp³-hybridized carbons (Fsp3) is 0.538. The molecule has 1 saturated heterocycles. The van der Waals surface area contributed by atoms with Crippen molar-refractivity contribution in [1.29, 1.82) is 0 Å². The Morgan fingerprint density at radius 2 is 2.19 bits per heavy atom. The largest absolute Gasteiger partial charge is 0.382 e. The van der Waals surface area contributed by atoms with E-state index in [0.717, 1.165) is 30.3 Å². The van der Waals surface area contributed by atoms with Crippen LogP contribution in [-0.2, 0) is 4.74 Å². The van der Waals surface area contributed by atoms with Gasteiger partial charge in [-0.3, -0.25) is 0 Å². The first-order chi connectivity index (χ1) is 7.79. The Morgan fingerprint density at radius 3 is 2.75 bits per heavy atom. The van der Waals surface area contributed by atoms with Crippen molar-refractivity contribution in [3.05, 3.63) is 29.3 Å². The SMILES string of the molecule is CCC(Nc1ccc(Cl)cc1)C1CCOC1. The second-order valence-corrected chi connectivity index (χ2v) is 4.73. The van der Waals surface area contributed by atoms with Crippen LogP contribution in [0, 0.1) is 5.92 Å². The van der Waals surface area contributed by atoms with Gasteiger partial charge in [-0.05, 0) is 37.1 Å². The van der Waals surface area contributed by atoms with Gasteiger partial charge < -0.3 is 10.1 Å². The van der Waals surface area contributed by atoms with E-state index in [1.54, 1.807) is 0 Å². The molecule has 0 spiro atoms. The average molecular weight is 240 g/mol. The van der Waals surface area contributed by atoms with Gasteiger partial charge in [0, 0.05) is 29.3 Å². The van der Waals surface area contributed by atoms with Gasteiger partial charge in [0.25, 0.3) is 0 Å². The lowest BCUT2D eigenvalue weighted by Gasteiger charge is -2.23. The molecule has 1 N–H and O–H groups in total. The summed E-state index contributed by atoms with van der Waals surface area (Å²) < 4.78 is 5.44. The molecule has 2 atom stereocenters. The highest BCUT2D eigenvalue weighted by molar-refractivity contribution is 6.30. The molecule has 2 nitrogen and oxygen atoms in total. The van der Waals surface area contributed by atoms with Crippen LogP contribution in [0.3, 0.4) is 0 Å². The van der Waals surface area contributed by atoms with Crippen LogP contribution < -0.4 is 5.32 Å². The normalized spacial score (nSPS) is 22.0. The highest BCUT2D eigenvalue weighted by Gasteiger charge is 2.24. The van der Waals surface area contributed by atoms with E-state index in [9.17, 15) is 0 Å². The minimum atomic E-state index is 0.503. The molecule has 1 fully saturated rings. The Morgan fingerprint density at radius 1 is 1.44 bits per heavy atom. The molecule has 0 amide bonds. The highest BCUT2D eigenvalue weighted by Crippen LogP contribution is 2.23. The molecule has 0 bridgehead atoms. The Hall–Kier alpha value is -0.730. The number of ether oxygens (including phenoxy) is 1. The Balaban J connectivity index is 1.97. The lowest BCUT2D eigenvalue weighted by Crippen LogP contribution is -2.28. The summed E-state index contributed by atoms with van der Waals surface area (Å²) in [6.45, 7) is 4.01. The Labute approximate surface area is 102 Å². The molecule has 88 valence electrons. The van der Waals surface area contributed by atoms with E-state index in [1.165, 1.54) is 6.42 Å². The summed E-state index contributed by atoms with van der Waals surface area (Å²) in [5, 5.41) is 4.34. The molecule has 1 aliphatic rings. The number of benzene rings is 1. The summed E-state index contributed by atoms with van der Waals surface area (Å²) in [5.74, 6) is 0.640. The number of hydrogen-bond acceptors (Lipinski definition) is 2.